The van der Waals surface area contributed by atoms with Gasteiger partial charge >= 0.3 is 0 Å². The third-order valence-corrected chi connectivity index (χ3v) is 6.95. The third-order valence-electron chi connectivity index (χ3n) is 6.95. The zero-order valence-electron chi connectivity index (χ0n) is 20.1. The van der Waals surface area contributed by atoms with Crippen LogP contribution < -0.4 is 0 Å². The summed E-state index contributed by atoms with van der Waals surface area (Å²) in [4.78, 5) is 0. The number of ether oxygens (including phenoxy) is 2. The smallest absolute Gasteiger partial charge is 0.274 e. The molecule has 0 spiro atoms. The van der Waals surface area contributed by atoms with Gasteiger partial charge in [-0.15, -0.1) is 0 Å². The standard InChI is InChI=1S/C32H30F2O2/c33-31(34)22-26(21-30(31)35-23-25-13-5-1-6-14-25)24-36-32(27-15-7-2-8-16-27,28-17-9-3-10-18-28)29-19-11-4-12-20-29/h1-20,26,30H,21-24H2/t26-,30-/m0/s1. The second-order valence-corrected chi connectivity index (χ2v) is 9.44. The molecular formula is C32H30F2O2. The van der Waals surface area contributed by atoms with E-state index in [4.69, 9.17) is 9.47 Å². The van der Waals surface area contributed by atoms with E-state index in [-0.39, 0.29) is 32.0 Å². The molecule has 0 heterocycles. The summed E-state index contributed by atoms with van der Waals surface area (Å²) in [5.41, 5.74) is 2.86. The van der Waals surface area contributed by atoms with Crippen LogP contribution in [-0.4, -0.2) is 18.6 Å². The van der Waals surface area contributed by atoms with Crippen molar-refractivity contribution >= 4 is 0 Å². The molecule has 0 radical (unpaired) electrons. The van der Waals surface area contributed by atoms with Gasteiger partial charge in [0, 0.05) is 6.42 Å². The van der Waals surface area contributed by atoms with E-state index in [0.717, 1.165) is 22.3 Å². The lowest BCUT2D eigenvalue weighted by Crippen LogP contribution is -2.34. The van der Waals surface area contributed by atoms with Crippen molar-refractivity contribution in [2.75, 3.05) is 6.61 Å². The fourth-order valence-corrected chi connectivity index (χ4v) is 5.17. The maximum atomic E-state index is 15.0. The predicted molar refractivity (Wildman–Crippen MR) is 138 cm³/mol. The van der Waals surface area contributed by atoms with Crippen LogP contribution in [0.15, 0.2) is 121 Å². The van der Waals surface area contributed by atoms with E-state index in [2.05, 4.69) is 0 Å². The molecule has 2 nitrogen and oxygen atoms in total. The van der Waals surface area contributed by atoms with Crippen molar-refractivity contribution in [3.8, 4) is 0 Å². The summed E-state index contributed by atoms with van der Waals surface area (Å²) < 4.78 is 42.4. The van der Waals surface area contributed by atoms with Crippen LogP contribution in [0.5, 0.6) is 0 Å². The Balaban J connectivity index is 1.41. The molecule has 4 aromatic carbocycles. The molecule has 0 N–H and O–H groups in total. The van der Waals surface area contributed by atoms with Gasteiger partial charge in [0.2, 0.25) is 0 Å². The average molecular weight is 485 g/mol. The van der Waals surface area contributed by atoms with E-state index >= 15 is 0 Å². The zero-order valence-corrected chi connectivity index (χ0v) is 20.1. The summed E-state index contributed by atoms with van der Waals surface area (Å²) in [6.07, 6.45) is -1.11. The third kappa shape index (κ3) is 5.11. The van der Waals surface area contributed by atoms with Crippen molar-refractivity contribution < 1.29 is 18.3 Å². The minimum Gasteiger partial charge on any atom is -0.367 e. The SMILES string of the molecule is FC1(F)C[C@@H](COC(c2ccccc2)(c2ccccc2)c2ccccc2)C[C@@H]1OCc1ccccc1. The Kier molecular flexibility index (Phi) is 7.26. The molecule has 1 fully saturated rings. The largest absolute Gasteiger partial charge is 0.367 e. The number of alkyl halides is 2. The predicted octanol–water partition coefficient (Wildman–Crippen LogP) is 7.63. The summed E-state index contributed by atoms with van der Waals surface area (Å²) in [7, 11) is 0. The van der Waals surface area contributed by atoms with E-state index in [1.54, 1.807) is 0 Å². The fourth-order valence-electron chi connectivity index (χ4n) is 5.17. The van der Waals surface area contributed by atoms with Crippen LogP contribution in [-0.2, 0) is 21.7 Å². The summed E-state index contributed by atoms with van der Waals surface area (Å²) in [5, 5.41) is 0. The van der Waals surface area contributed by atoms with Crippen LogP contribution in [0.25, 0.3) is 0 Å². The highest BCUT2D eigenvalue weighted by molar-refractivity contribution is 5.47. The van der Waals surface area contributed by atoms with Crippen LogP contribution in [0.4, 0.5) is 8.78 Å². The number of hydrogen-bond acceptors (Lipinski definition) is 2. The van der Waals surface area contributed by atoms with Gasteiger partial charge in [0.1, 0.15) is 11.7 Å². The minimum atomic E-state index is -2.89. The Hall–Kier alpha value is -3.34. The van der Waals surface area contributed by atoms with E-state index in [1.165, 1.54) is 0 Å². The van der Waals surface area contributed by atoms with Crippen LogP contribution >= 0.6 is 0 Å². The lowest BCUT2D eigenvalue weighted by Gasteiger charge is -2.36. The second-order valence-electron chi connectivity index (χ2n) is 9.44. The monoisotopic (exact) mass is 484 g/mol. The first-order valence-electron chi connectivity index (χ1n) is 12.4. The minimum absolute atomic E-state index is 0.177. The van der Waals surface area contributed by atoms with E-state index < -0.39 is 17.6 Å². The lowest BCUT2D eigenvalue weighted by atomic mass is 9.80. The lowest BCUT2D eigenvalue weighted by molar-refractivity contribution is -0.122. The first-order valence-corrected chi connectivity index (χ1v) is 12.4. The van der Waals surface area contributed by atoms with Gasteiger partial charge in [-0.25, -0.2) is 8.78 Å². The van der Waals surface area contributed by atoms with Crippen molar-refractivity contribution in [1.29, 1.82) is 0 Å². The summed E-state index contributed by atoms with van der Waals surface area (Å²) in [5.74, 6) is -3.21. The summed E-state index contributed by atoms with van der Waals surface area (Å²) in [6, 6.07) is 39.5. The first-order chi connectivity index (χ1) is 17.6. The van der Waals surface area contributed by atoms with Gasteiger partial charge in [-0.2, -0.15) is 0 Å². The first kappa shape index (κ1) is 24.4. The highest BCUT2D eigenvalue weighted by atomic mass is 19.3. The normalized spacial score (nSPS) is 19.3. The maximum Gasteiger partial charge on any atom is 0.274 e. The molecule has 1 aliphatic carbocycles. The van der Waals surface area contributed by atoms with Crippen LogP contribution in [0.3, 0.4) is 0 Å². The molecule has 0 bridgehead atoms. The highest BCUT2D eigenvalue weighted by Crippen LogP contribution is 2.45. The zero-order chi connectivity index (χ0) is 24.8. The fraction of sp³-hybridized carbons (Fsp3) is 0.250. The van der Waals surface area contributed by atoms with Gasteiger partial charge in [-0.05, 0) is 34.6 Å². The molecule has 5 rings (SSSR count). The molecule has 1 aliphatic rings. The van der Waals surface area contributed by atoms with Gasteiger partial charge in [0.25, 0.3) is 5.92 Å². The summed E-state index contributed by atoms with van der Waals surface area (Å²) >= 11 is 0. The Morgan fingerprint density at radius 1 is 0.667 bits per heavy atom. The molecule has 4 heteroatoms. The molecule has 0 unspecified atom stereocenters. The molecule has 1 saturated carbocycles. The molecule has 0 saturated heterocycles. The number of halogens is 2. The Labute approximate surface area is 211 Å². The van der Waals surface area contributed by atoms with Crippen LogP contribution in [0.2, 0.25) is 0 Å². The van der Waals surface area contributed by atoms with E-state index in [0.29, 0.717) is 0 Å². The topological polar surface area (TPSA) is 18.5 Å². The van der Waals surface area contributed by atoms with Crippen molar-refractivity contribution in [3.05, 3.63) is 144 Å². The molecule has 36 heavy (non-hydrogen) atoms. The molecule has 0 aliphatic heterocycles. The highest BCUT2D eigenvalue weighted by Gasteiger charge is 2.50. The molecule has 184 valence electrons. The number of benzene rings is 4. The molecule has 4 aromatic rings. The Bertz CT molecular complexity index is 1120. The van der Waals surface area contributed by atoms with Crippen molar-refractivity contribution in [3.63, 3.8) is 0 Å². The Morgan fingerprint density at radius 3 is 1.58 bits per heavy atom. The van der Waals surface area contributed by atoms with Crippen molar-refractivity contribution in [1.82, 2.24) is 0 Å². The Morgan fingerprint density at radius 2 is 1.11 bits per heavy atom. The van der Waals surface area contributed by atoms with Crippen molar-refractivity contribution in [2.45, 2.75) is 37.1 Å². The molecular weight excluding hydrogens is 454 g/mol. The van der Waals surface area contributed by atoms with Gasteiger partial charge in [0.15, 0.2) is 0 Å². The second kappa shape index (κ2) is 10.7. The maximum absolute atomic E-state index is 15.0. The number of rotatable bonds is 9. The van der Waals surface area contributed by atoms with Gasteiger partial charge < -0.3 is 9.47 Å². The van der Waals surface area contributed by atoms with Gasteiger partial charge in [-0.1, -0.05) is 121 Å². The molecule has 2 atom stereocenters. The number of hydrogen-bond donors (Lipinski definition) is 0. The van der Waals surface area contributed by atoms with Gasteiger partial charge in [0.05, 0.1) is 13.2 Å². The van der Waals surface area contributed by atoms with E-state index in [9.17, 15) is 8.78 Å². The summed E-state index contributed by atoms with van der Waals surface area (Å²) in [6.45, 7) is 0.371. The van der Waals surface area contributed by atoms with Crippen molar-refractivity contribution in [2.24, 2.45) is 5.92 Å². The average Bonchev–Trinajstić information content (AvgIpc) is 3.23. The molecule has 0 amide bonds. The van der Waals surface area contributed by atoms with E-state index in [1.807, 2.05) is 121 Å². The quantitative estimate of drug-likeness (QED) is 0.228. The van der Waals surface area contributed by atoms with Gasteiger partial charge in [-0.3, -0.25) is 0 Å². The molecule has 0 aromatic heterocycles. The van der Waals surface area contributed by atoms with Crippen LogP contribution in [0.1, 0.15) is 35.1 Å². The van der Waals surface area contributed by atoms with Crippen LogP contribution in [0, 0.1) is 5.92 Å².